The number of carbonyl (C=O) groups is 1. The Bertz CT molecular complexity index is 607. The van der Waals surface area contributed by atoms with Gasteiger partial charge in [0.1, 0.15) is 5.75 Å². The number of benzene rings is 2. The zero-order chi connectivity index (χ0) is 14.5. The Labute approximate surface area is 116 Å². The second-order valence-corrected chi connectivity index (χ2v) is 3.93. The number of hydrogen-bond donors (Lipinski definition) is 1. The number of aromatic hydroxyl groups is 1. The van der Waals surface area contributed by atoms with Crippen molar-refractivity contribution in [3.05, 3.63) is 48.0 Å². The summed E-state index contributed by atoms with van der Waals surface area (Å²) < 4.78 is 15.3. The first-order valence-corrected chi connectivity index (χ1v) is 5.88. The Morgan fingerprint density at radius 3 is 2.40 bits per heavy atom. The largest absolute Gasteiger partial charge is 0.504 e. The molecule has 0 saturated carbocycles. The maximum Gasteiger partial charge on any atom is 0.338 e. The zero-order valence-electron chi connectivity index (χ0n) is 11.1. The first-order valence-electron chi connectivity index (χ1n) is 5.88. The Morgan fingerprint density at radius 1 is 1.10 bits per heavy atom. The van der Waals surface area contributed by atoms with E-state index in [1.807, 2.05) is 18.2 Å². The predicted octanol–water partition coefficient (Wildman–Crippen LogP) is 2.98. The minimum Gasteiger partial charge on any atom is -0.504 e. The summed E-state index contributed by atoms with van der Waals surface area (Å²) in [6, 6.07) is 11.7. The number of carbonyl (C=O) groups excluding carboxylic acids is 1. The van der Waals surface area contributed by atoms with Crippen molar-refractivity contribution in [2.75, 3.05) is 14.2 Å². The SMILES string of the molecule is COC(=O)c1cc(O)c(Oc2ccccc2)c(OC)c1. The quantitative estimate of drug-likeness (QED) is 0.868. The second kappa shape index (κ2) is 5.97. The molecule has 0 atom stereocenters. The van der Waals surface area contributed by atoms with Crippen molar-refractivity contribution in [1.29, 1.82) is 0 Å². The first kappa shape index (κ1) is 13.7. The molecule has 0 aliphatic carbocycles. The molecule has 0 radical (unpaired) electrons. The van der Waals surface area contributed by atoms with Crippen LogP contribution in [-0.2, 0) is 4.74 Å². The van der Waals surface area contributed by atoms with Crippen molar-refractivity contribution >= 4 is 5.97 Å². The van der Waals surface area contributed by atoms with Crippen LogP contribution in [0.3, 0.4) is 0 Å². The fraction of sp³-hybridized carbons (Fsp3) is 0.133. The third-order valence-corrected chi connectivity index (χ3v) is 2.64. The van der Waals surface area contributed by atoms with E-state index in [0.717, 1.165) is 0 Å². The van der Waals surface area contributed by atoms with E-state index in [-0.39, 0.29) is 22.8 Å². The maximum absolute atomic E-state index is 11.5. The van der Waals surface area contributed by atoms with Gasteiger partial charge in [-0.25, -0.2) is 4.79 Å². The van der Waals surface area contributed by atoms with Gasteiger partial charge in [0.2, 0.25) is 5.75 Å². The Kier molecular flexibility index (Phi) is 4.10. The standard InChI is InChI=1S/C15H14O5/c1-18-13-9-10(15(17)19-2)8-12(16)14(13)20-11-6-4-3-5-7-11/h3-9,16H,1-2H3. The van der Waals surface area contributed by atoms with Crippen LogP contribution in [0.1, 0.15) is 10.4 Å². The molecule has 0 bridgehead atoms. The second-order valence-electron chi connectivity index (χ2n) is 3.93. The fourth-order valence-corrected chi connectivity index (χ4v) is 1.68. The smallest absolute Gasteiger partial charge is 0.338 e. The van der Waals surface area contributed by atoms with Crippen molar-refractivity contribution in [2.24, 2.45) is 0 Å². The molecule has 0 aliphatic heterocycles. The number of para-hydroxylation sites is 1. The lowest BCUT2D eigenvalue weighted by Crippen LogP contribution is -2.02. The number of rotatable bonds is 4. The molecule has 0 amide bonds. The van der Waals surface area contributed by atoms with Gasteiger partial charge in [0.05, 0.1) is 19.8 Å². The molecule has 0 fully saturated rings. The highest BCUT2D eigenvalue weighted by molar-refractivity contribution is 5.91. The van der Waals surface area contributed by atoms with Crippen LogP contribution in [0, 0.1) is 0 Å². The molecule has 5 heteroatoms. The Morgan fingerprint density at radius 2 is 1.80 bits per heavy atom. The number of ether oxygens (including phenoxy) is 3. The zero-order valence-corrected chi connectivity index (χ0v) is 11.1. The van der Waals surface area contributed by atoms with Gasteiger partial charge in [-0.3, -0.25) is 0 Å². The lowest BCUT2D eigenvalue weighted by Gasteiger charge is -2.13. The van der Waals surface area contributed by atoms with E-state index in [4.69, 9.17) is 9.47 Å². The summed E-state index contributed by atoms with van der Waals surface area (Å²) in [7, 11) is 2.69. The summed E-state index contributed by atoms with van der Waals surface area (Å²) in [5.74, 6) is 0.172. The molecule has 0 saturated heterocycles. The van der Waals surface area contributed by atoms with Gasteiger partial charge in [-0.05, 0) is 24.3 Å². The number of esters is 1. The normalized spacial score (nSPS) is 9.90. The molecule has 0 spiro atoms. The highest BCUT2D eigenvalue weighted by Crippen LogP contribution is 2.40. The number of hydrogen-bond acceptors (Lipinski definition) is 5. The third kappa shape index (κ3) is 2.83. The molecule has 2 rings (SSSR count). The van der Waals surface area contributed by atoms with Crippen LogP contribution in [0.4, 0.5) is 0 Å². The summed E-state index contributed by atoms with van der Waals surface area (Å²) >= 11 is 0. The van der Waals surface area contributed by atoms with Gasteiger partial charge in [0, 0.05) is 0 Å². The van der Waals surface area contributed by atoms with Crippen LogP contribution >= 0.6 is 0 Å². The van der Waals surface area contributed by atoms with Crippen molar-refractivity contribution in [3.8, 4) is 23.0 Å². The van der Waals surface area contributed by atoms with Crippen LogP contribution < -0.4 is 9.47 Å². The molecule has 2 aromatic carbocycles. The molecule has 1 N–H and O–H groups in total. The molecule has 0 aromatic heterocycles. The summed E-state index contributed by atoms with van der Waals surface area (Å²) in [5.41, 5.74) is 0.183. The lowest BCUT2D eigenvalue weighted by atomic mass is 10.2. The van der Waals surface area contributed by atoms with E-state index in [9.17, 15) is 9.90 Å². The van der Waals surface area contributed by atoms with Crippen LogP contribution in [0.5, 0.6) is 23.0 Å². The average Bonchev–Trinajstić information content (AvgIpc) is 2.49. The summed E-state index contributed by atoms with van der Waals surface area (Å²) in [5, 5.41) is 10.00. The van der Waals surface area contributed by atoms with Gasteiger partial charge in [0.25, 0.3) is 0 Å². The van der Waals surface area contributed by atoms with E-state index < -0.39 is 5.97 Å². The van der Waals surface area contributed by atoms with Gasteiger partial charge in [-0.1, -0.05) is 18.2 Å². The van der Waals surface area contributed by atoms with E-state index in [1.54, 1.807) is 12.1 Å². The maximum atomic E-state index is 11.5. The lowest BCUT2D eigenvalue weighted by molar-refractivity contribution is 0.0600. The van der Waals surface area contributed by atoms with Gasteiger partial charge < -0.3 is 19.3 Å². The van der Waals surface area contributed by atoms with Crippen molar-refractivity contribution in [3.63, 3.8) is 0 Å². The average molecular weight is 274 g/mol. The molecular formula is C15H14O5. The van der Waals surface area contributed by atoms with Gasteiger partial charge in [-0.2, -0.15) is 0 Å². The highest BCUT2D eigenvalue weighted by atomic mass is 16.5. The molecule has 5 nitrogen and oxygen atoms in total. The fourth-order valence-electron chi connectivity index (χ4n) is 1.68. The van der Waals surface area contributed by atoms with Crippen LogP contribution in [0.15, 0.2) is 42.5 Å². The Balaban J connectivity index is 2.40. The molecule has 2 aromatic rings. The third-order valence-electron chi connectivity index (χ3n) is 2.64. The van der Waals surface area contributed by atoms with E-state index in [2.05, 4.69) is 4.74 Å². The molecular weight excluding hydrogens is 260 g/mol. The summed E-state index contributed by atoms with van der Waals surface area (Å²) in [6.45, 7) is 0. The minimum atomic E-state index is -0.565. The number of phenolic OH excluding ortho intramolecular Hbond substituents is 1. The van der Waals surface area contributed by atoms with Crippen LogP contribution in [0.25, 0.3) is 0 Å². The summed E-state index contributed by atoms with van der Waals surface area (Å²) in [4.78, 5) is 11.5. The Hall–Kier alpha value is -2.69. The highest BCUT2D eigenvalue weighted by Gasteiger charge is 2.17. The van der Waals surface area contributed by atoms with Crippen LogP contribution in [0.2, 0.25) is 0 Å². The van der Waals surface area contributed by atoms with Gasteiger partial charge in [-0.15, -0.1) is 0 Å². The van der Waals surface area contributed by atoms with E-state index in [0.29, 0.717) is 5.75 Å². The van der Waals surface area contributed by atoms with Gasteiger partial charge in [0.15, 0.2) is 11.5 Å². The van der Waals surface area contributed by atoms with Gasteiger partial charge >= 0.3 is 5.97 Å². The number of phenols is 1. The summed E-state index contributed by atoms with van der Waals surface area (Å²) in [6.07, 6.45) is 0. The molecule has 0 heterocycles. The van der Waals surface area contributed by atoms with E-state index in [1.165, 1.54) is 26.4 Å². The molecule has 20 heavy (non-hydrogen) atoms. The molecule has 104 valence electrons. The van der Waals surface area contributed by atoms with Crippen molar-refractivity contribution < 1.29 is 24.1 Å². The first-order chi connectivity index (χ1) is 9.65. The topological polar surface area (TPSA) is 65.0 Å². The molecule has 0 aliphatic rings. The van der Waals surface area contributed by atoms with Crippen molar-refractivity contribution in [2.45, 2.75) is 0 Å². The van der Waals surface area contributed by atoms with Crippen LogP contribution in [-0.4, -0.2) is 25.3 Å². The predicted molar refractivity (Wildman–Crippen MR) is 72.5 cm³/mol. The van der Waals surface area contributed by atoms with Crippen molar-refractivity contribution in [1.82, 2.24) is 0 Å². The minimum absolute atomic E-state index is 0.145. The molecule has 0 unspecified atom stereocenters. The van der Waals surface area contributed by atoms with E-state index >= 15 is 0 Å². The monoisotopic (exact) mass is 274 g/mol. The number of methoxy groups -OCH3 is 2.